The minimum absolute atomic E-state index is 0.418. The first-order valence-electron chi connectivity index (χ1n) is 7.48. The normalized spacial score (nSPS) is 19.6. The van der Waals surface area contributed by atoms with Crippen molar-refractivity contribution in [1.82, 2.24) is 5.32 Å². The first-order chi connectivity index (χ1) is 9.63. The SMILES string of the molecule is CCC1COCCN1c1c(Cl)cccc1CNC(C)C. The minimum atomic E-state index is 0.418. The van der Waals surface area contributed by atoms with Crippen LogP contribution in [0.2, 0.25) is 5.02 Å². The van der Waals surface area contributed by atoms with Gasteiger partial charge in [-0.05, 0) is 18.1 Å². The van der Waals surface area contributed by atoms with Gasteiger partial charge < -0.3 is 15.0 Å². The zero-order chi connectivity index (χ0) is 14.5. The van der Waals surface area contributed by atoms with Gasteiger partial charge in [0.05, 0.1) is 30.0 Å². The molecule has 1 atom stereocenters. The molecule has 0 aromatic heterocycles. The predicted octanol–water partition coefficient (Wildman–Crippen LogP) is 3.45. The van der Waals surface area contributed by atoms with Crippen molar-refractivity contribution in [1.29, 1.82) is 0 Å². The van der Waals surface area contributed by atoms with Crippen LogP contribution in [0.25, 0.3) is 0 Å². The number of morpholine rings is 1. The Labute approximate surface area is 127 Å². The molecule has 1 aliphatic rings. The van der Waals surface area contributed by atoms with E-state index in [1.807, 2.05) is 12.1 Å². The largest absolute Gasteiger partial charge is 0.377 e. The first kappa shape index (κ1) is 15.6. The van der Waals surface area contributed by atoms with Crippen LogP contribution in [0.1, 0.15) is 32.8 Å². The fourth-order valence-electron chi connectivity index (χ4n) is 2.63. The monoisotopic (exact) mass is 296 g/mol. The Morgan fingerprint density at radius 1 is 1.45 bits per heavy atom. The van der Waals surface area contributed by atoms with Crippen molar-refractivity contribution in [3.05, 3.63) is 28.8 Å². The lowest BCUT2D eigenvalue weighted by Gasteiger charge is -2.38. The summed E-state index contributed by atoms with van der Waals surface area (Å²) >= 11 is 6.49. The molecule has 1 fully saturated rings. The van der Waals surface area contributed by atoms with Crippen molar-refractivity contribution in [2.45, 2.75) is 45.8 Å². The van der Waals surface area contributed by atoms with Crippen LogP contribution in [0.15, 0.2) is 18.2 Å². The third kappa shape index (κ3) is 3.66. The van der Waals surface area contributed by atoms with Gasteiger partial charge in [0.15, 0.2) is 0 Å². The van der Waals surface area contributed by atoms with Gasteiger partial charge in [-0.1, -0.05) is 44.5 Å². The van der Waals surface area contributed by atoms with Gasteiger partial charge in [-0.2, -0.15) is 0 Å². The molecule has 1 aromatic carbocycles. The first-order valence-corrected chi connectivity index (χ1v) is 7.86. The maximum atomic E-state index is 6.49. The summed E-state index contributed by atoms with van der Waals surface area (Å²) in [6, 6.07) is 7.07. The fourth-order valence-corrected chi connectivity index (χ4v) is 2.93. The van der Waals surface area contributed by atoms with Crippen LogP contribution in [0.4, 0.5) is 5.69 Å². The van der Waals surface area contributed by atoms with E-state index in [9.17, 15) is 0 Å². The Kier molecular flexibility index (Phi) is 5.70. The second-order valence-corrected chi connectivity index (χ2v) is 6.02. The molecule has 112 valence electrons. The molecule has 1 unspecified atom stereocenters. The number of anilines is 1. The number of nitrogens with one attached hydrogen (secondary N) is 1. The van der Waals surface area contributed by atoms with E-state index >= 15 is 0 Å². The molecule has 0 aliphatic carbocycles. The average Bonchev–Trinajstić information content (AvgIpc) is 2.45. The molecular weight excluding hydrogens is 272 g/mol. The van der Waals surface area contributed by atoms with Crippen LogP contribution in [0.3, 0.4) is 0 Å². The molecule has 0 spiro atoms. The third-order valence-electron chi connectivity index (χ3n) is 3.76. The highest BCUT2D eigenvalue weighted by Crippen LogP contribution is 2.33. The van der Waals surface area contributed by atoms with Gasteiger partial charge in [0.1, 0.15) is 0 Å². The van der Waals surface area contributed by atoms with E-state index in [4.69, 9.17) is 16.3 Å². The van der Waals surface area contributed by atoms with Crippen molar-refractivity contribution in [3.63, 3.8) is 0 Å². The van der Waals surface area contributed by atoms with E-state index in [1.54, 1.807) is 0 Å². The van der Waals surface area contributed by atoms with E-state index < -0.39 is 0 Å². The van der Waals surface area contributed by atoms with Crippen molar-refractivity contribution >= 4 is 17.3 Å². The number of benzene rings is 1. The zero-order valence-electron chi connectivity index (χ0n) is 12.7. The molecule has 1 saturated heterocycles. The lowest BCUT2D eigenvalue weighted by Crippen LogP contribution is -2.46. The van der Waals surface area contributed by atoms with Gasteiger partial charge >= 0.3 is 0 Å². The molecule has 1 N–H and O–H groups in total. The number of rotatable bonds is 5. The maximum Gasteiger partial charge on any atom is 0.0670 e. The van der Waals surface area contributed by atoms with Crippen LogP contribution in [0.5, 0.6) is 0 Å². The Bertz CT molecular complexity index is 436. The lowest BCUT2D eigenvalue weighted by molar-refractivity contribution is 0.0929. The summed E-state index contributed by atoms with van der Waals surface area (Å²) in [5, 5.41) is 4.33. The Morgan fingerprint density at radius 2 is 2.25 bits per heavy atom. The number of ether oxygens (including phenoxy) is 1. The van der Waals surface area contributed by atoms with E-state index in [2.05, 4.69) is 37.1 Å². The van der Waals surface area contributed by atoms with E-state index in [0.717, 1.165) is 37.7 Å². The van der Waals surface area contributed by atoms with E-state index in [1.165, 1.54) is 11.3 Å². The van der Waals surface area contributed by atoms with Crippen LogP contribution < -0.4 is 10.2 Å². The van der Waals surface area contributed by atoms with Gasteiger partial charge in [0.2, 0.25) is 0 Å². The molecule has 0 saturated carbocycles. The number of halogens is 1. The second kappa shape index (κ2) is 7.30. The standard InChI is InChI=1S/C16H25ClN2O/c1-4-14-11-20-9-8-19(14)16-13(10-18-12(2)3)6-5-7-15(16)17/h5-7,12,14,18H,4,8-11H2,1-3H3. The fraction of sp³-hybridized carbons (Fsp3) is 0.625. The van der Waals surface area contributed by atoms with Crippen LogP contribution in [-0.4, -0.2) is 31.8 Å². The van der Waals surface area contributed by atoms with Crippen LogP contribution in [-0.2, 0) is 11.3 Å². The summed E-state index contributed by atoms with van der Waals surface area (Å²) in [6.07, 6.45) is 1.07. The van der Waals surface area contributed by atoms with Gasteiger partial charge in [0, 0.05) is 19.1 Å². The Hall–Kier alpha value is -0.770. The van der Waals surface area contributed by atoms with Gasteiger partial charge in [-0.15, -0.1) is 0 Å². The van der Waals surface area contributed by atoms with Crippen molar-refractivity contribution in [2.24, 2.45) is 0 Å². The molecule has 1 heterocycles. The predicted molar refractivity (Wildman–Crippen MR) is 85.7 cm³/mol. The number of hydrogen-bond donors (Lipinski definition) is 1. The van der Waals surface area contributed by atoms with Crippen molar-refractivity contribution < 1.29 is 4.74 Å². The molecule has 3 nitrogen and oxygen atoms in total. The van der Waals surface area contributed by atoms with E-state index in [0.29, 0.717) is 12.1 Å². The van der Waals surface area contributed by atoms with Gasteiger partial charge in [0.25, 0.3) is 0 Å². The zero-order valence-corrected chi connectivity index (χ0v) is 13.4. The molecule has 1 aromatic rings. The van der Waals surface area contributed by atoms with Crippen LogP contribution in [0, 0.1) is 0 Å². The average molecular weight is 297 g/mol. The minimum Gasteiger partial charge on any atom is -0.377 e. The van der Waals surface area contributed by atoms with Crippen molar-refractivity contribution in [3.8, 4) is 0 Å². The summed E-state index contributed by atoms with van der Waals surface area (Å²) in [5.41, 5.74) is 2.45. The number of nitrogens with zero attached hydrogens (tertiary/aromatic N) is 1. The lowest BCUT2D eigenvalue weighted by atomic mass is 10.1. The van der Waals surface area contributed by atoms with Crippen LogP contribution >= 0.6 is 11.6 Å². The molecule has 0 bridgehead atoms. The summed E-state index contributed by atoms with van der Waals surface area (Å²) in [5.74, 6) is 0. The smallest absolute Gasteiger partial charge is 0.0670 e. The number of para-hydroxylation sites is 1. The molecule has 2 rings (SSSR count). The summed E-state index contributed by atoms with van der Waals surface area (Å²) in [6.45, 7) is 9.85. The second-order valence-electron chi connectivity index (χ2n) is 5.61. The maximum absolute atomic E-state index is 6.49. The van der Waals surface area contributed by atoms with E-state index in [-0.39, 0.29) is 0 Å². The molecule has 20 heavy (non-hydrogen) atoms. The van der Waals surface area contributed by atoms with Crippen molar-refractivity contribution in [2.75, 3.05) is 24.7 Å². The Morgan fingerprint density at radius 3 is 2.95 bits per heavy atom. The van der Waals surface area contributed by atoms with Gasteiger partial charge in [-0.25, -0.2) is 0 Å². The highest BCUT2D eigenvalue weighted by atomic mass is 35.5. The number of hydrogen-bond acceptors (Lipinski definition) is 3. The topological polar surface area (TPSA) is 24.5 Å². The Balaban J connectivity index is 2.28. The summed E-state index contributed by atoms with van der Waals surface area (Å²) in [4.78, 5) is 2.42. The molecular formula is C16H25ClN2O. The molecule has 0 amide bonds. The third-order valence-corrected chi connectivity index (χ3v) is 4.06. The highest BCUT2D eigenvalue weighted by Gasteiger charge is 2.25. The molecule has 0 radical (unpaired) electrons. The van der Waals surface area contributed by atoms with Gasteiger partial charge in [-0.3, -0.25) is 0 Å². The summed E-state index contributed by atoms with van der Waals surface area (Å²) in [7, 11) is 0. The molecule has 1 aliphatic heterocycles. The summed E-state index contributed by atoms with van der Waals surface area (Å²) < 4.78 is 5.60. The quantitative estimate of drug-likeness (QED) is 0.901. The highest BCUT2D eigenvalue weighted by molar-refractivity contribution is 6.33. The molecule has 4 heteroatoms.